The molecule has 6 heteroatoms. The van der Waals surface area contributed by atoms with E-state index >= 15 is 0 Å². The molecule has 0 aliphatic heterocycles. The first-order chi connectivity index (χ1) is 9.49. The Kier molecular flexibility index (Phi) is 7.51. The number of thiophene rings is 1. The number of halogens is 1. The average Bonchev–Trinajstić information content (AvgIpc) is 2.90. The van der Waals surface area contributed by atoms with Gasteiger partial charge in [-0.15, -0.1) is 22.9 Å². The molecule has 0 fully saturated rings. The molecule has 0 saturated heterocycles. The first-order valence-corrected chi connectivity index (χ1v) is 9.93. The van der Waals surface area contributed by atoms with Gasteiger partial charge in [-0.1, -0.05) is 33.6 Å². The molecule has 1 heterocycles. The molecule has 0 saturated carbocycles. The minimum Gasteiger partial charge on any atom is -0.206 e. The average molecular weight is 338 g/mol. The van der Waals surface area contributed by atoms with Gasteiger partial charge in [0.15, 0.2) is 0 Å². The van der Waals surface area contributed by atoms with Crippen LogP contribution in [0.2, 0.25) is 0 Å². The highest BCUT2D eigenvalue weighted by atomic mass is 35.5. The first-order valence-electron chi connectivity index (χ1n) is 7.14. The monoisotopic (exact) mass is 337 g/mol. The van der Waals surface area contributed by atoms with E-state index in [-0.39, 0.29) is 0 Å². The molecule has 0 aliphatic carbocycles. The Morgan fingerprint density at radius 2 is 1.90 bits per heavy atom. The lowest BCUT2D eigenvalue weighted by Gasteiger charge is -2.24. The van der Waals surface area contributed by atoms with Gasteiger partial charge < -0.3 is 0 Å². The summed E-state index contributed by atoms with van der Waals surface area (Å²) in [7, 11) is -3.36. The second-order valence-corrected chi connectivity index (χ2v) is 8.51. The van der Waals surface area contributed by atoms with Crippen molar-refractivity contribution in [2.24, 2.45) is 5.92 Å². The molecule has 0 spiro atoms. The Morgan fingerprint density at radius 3 is 2.40 bits per heavy atom. The lowest BCUT2D eigenvalue weighted by Crippen LogP contribution is -2.34. The van der Waals surface area contributed by atoms with Crippen LogP contribution in [0.5, 0.6) is 0 Å². The number of alkyl halides is 1. The van der Waals surface area contributed by atoms with Crippen molar-refractivity contribution in [2.75, 3.05) is 19.0 Å². The second kappa shape index (κ2) is 8.37. The van der Waals surface area contributed by atoms with Gasteiger partial charge in [-0.25, -0.2) is 8.42 Å². The van der Waals surface area contributed by atoms with Crippen molar-refractivity contribution in [3.05, 3.63) is 17.0 Å². The molecule has 0 unspecified atom stereocenters. The van der Waals surface area contributed by atoms with E-state index in [0.29, 0.717) is 29.1 Å². The minimum atomic E-state index is -3.36. The van der Waals surface area contributed by atoms with Gasteiger partial charge in [0.2, 0.25) is 0 Å². The molecule has 0 aliphatic rings. The molecule has 0 bridgehead atoms. The van der Waals surface area contributed by atoms with Crippen LogP contribution in [0.25, 0.3) is 0 Å². The second-order valence-electron chi connectivity index (χ2n) is 4.80. The molecule has 0 N–H and O–H groups in total. The normalized spacial score (nSPS) is 12.5. The van der Waals surface area contributed by atoms with Crippen molar-refractivity contribution >= 4 is 33.0 Å². The van der Waals surface area contributed by atoms with E-state index in [1.165, 1.54) is 11.3 Å². The Balaban J connectivity index is 2.92. The molecule has 116 valence electrons. The van der Waals surface area contributed by atoms with Crippen LogP contribution >= 0.6 is 22.9 Å². The number of rotatable bonds is 9. The van der Waals surface area contributed by atoms with Crippen molar-refractivity contribution in [1.82, 2.24) is 4.31 Å². The van der Waals surface area contributed by atoms with Crippen molar-refractivity contribution in [3.8, 4) is 0 Å². The number of hydrogen-bond acceptors (Lipinski definition) is 3. The highest BCUT2D eigenvalue weighted by Gasteiger charge is 2.26. The molecule has 0 amide bonds. The van der Waals surface area contributed by atoms with Crippen molar-refractivity contribution in [3.63, 3.8) is 0 Å². The summed E-state index contributed by atoms with van der Waals surface area (Å²) in [6.45, 7) is 7.24. The van der Waals surface area contributed by atoms with E-state index in [1.54, 1.807) is 10.4 Å². The summed E-state index contributed by atoms with van der Waals surface area (Å²) < 4.78 is 27.3. The number of sulfonamides is 1. The topological polar surface area (TPSA) is 37.4 Å². The summed E-state index contributed by atoms with van der Waals surface area (Å²) in [6.07, 6.45) is 2.73. The summed E-state index contributed by atoms with van der Waals surface area (Å²) in [5.74, 6) is 0.942. The molecule has 1 aromatic heterocycles. The van der Waals surface area contributed by atoms with Gasteiger partial charge in [0.1, 0.15) is 4.21 Å². The van der Waals surface area contributed by atoms with Crippen LogP contribution in [0.15, 0.2) is 16.3 Å². The molecular formula is C14H24ClNO2S2. The van der Waals surface area contributed by atoms with Crippen molar-refractivity contribution in [2.45, 2.75) is 44.2 Å². The quantitative estimate of drug-likeness (QED) is 0.639. The highest BCUT2D eigenvalue weighted by Crippen LogP contribution is 2.26. The molecule has 0 aromatic carbocycles. The fourth-order valence-corrected chi connectivity index (χ4v) is 5.43. The predicted octanol–water partition coefficient (Wildman–Crippen LogP) is 3.98. The third-order valence-electron chi connectivity index (χ3n) is 3.54. The maximum absolute atomic E-state index is 12.7. The summed E-state index contributed by atoms with van der Waals surface area (Å²) in [6, 6.07) is 3.57. The van der Waals surface area contributed by atoms with Gasteiger partial charge in [-0.2, -0.15) is 4.31 Å². The summed E-state index contributed by atoms with van der Waals surface area (Å²) in [4.78, 5) is 1.03. The molecule has 0 atom stereocenters. The summed E-state index contributed by atoms with van der Waals surface area (Å²) in [5, 5.41) is 0. The highest BCUT2D eigenvalue weighted by molar-refractivity contribution is 7.91. The molecule has 1 aromatic rings. The van der Waals surface area contributed by atoms with Crippen LogP contribution in [-0.2, 0) is 16.4 Å². The maximum atomic E-state index is 12.7. The van der Waals surface area contributed by atoms with Gasteiger partial charge in [0.25, 0.3) is 10.0 Å². The van der Waals surface area contributed by atoms with E-state index in [1.807, 2.05) is 13.0 Å². The van der Waals surface area contributed by atoms with E-state index in [9.17, 15) is 8.42 Å². The zero-order chi connectivity index (χ0) is 15.2. The Morgan fingerprint density at radius 1 is 1.25 bits per heavy atom. The van der Waals surface area contributed by atoms with Gasteiger partial charge in [-0.05, 0) is 24.5 Å². The number of nitrogens with zero attached hydrogens (tertiary/aromatic N) is 1. The standard InChI is InChI=1S/C14H24ClNO2S2/c1-4-12(5-2)11-16(6-3)20(17,18)14-8-7-13(19-14)9-10-15/h7-8,12H,4-6,9-11H2,1-3H3. The van der Waals surface area contributed by atoms with E-state index in [2.05, 4.69) is 13.8 Å². The van der Waals surface area contributed by atoms with Crippen LogP contribution < -0.4 is 0 Å². The molecule has 1 rings (SSSR count). The zero-order valence-corrected chi connectivity index (χ0v) is 14.8. The third-order valence-corrected chi connectivity index (χ3v) is 7.28. The molecular weight excluding hydrogens is 314 g/mol. The molecule has 20 heavy (non-hydrogen) atoms. The third kappa shape index (κ3) is 4.45. The molecule has 3 nitrogen and oxygen atoms in total. The Hall–Kier alpha value is -0.100. The molecule has 0 radical (unpaired) electrons. The van der Waals surface area contributed by atoms with Crippen LogP contribution in [-0.4, -0.2) is 31.7 Å². The Bertz CT molecular complexity index is 495. The SMILES string of the molecule is CCC(CC)CN(CC)S(=O)(=O)c1ccc(CCCl)s1. The van der Waals surface area contributed by atoms with Gasteiger partial charge in [-0.3, -0.25) is 0 Å². The fourth-order valence-electron chi connectivity index (χ4n) is 2.08. The van der Waals surface area contributed by atoms with E-state index < -0.39 is 10.0 Å². The van der Waals surface area contributed by atoms with Gasteiger partial charge in [0, 0.05) is 23.8 Å². The summed E-state index contributed by atoms with van der Waals surface area (Å²) in [5.41, 5.74) is 0. The Labute approximate surface area is 132 Å². The maximum Gasteiger partial charge on any atom is 0.252 e. The van der Waals surface area contributed by atoms with Crippen LogP contribution in [0.4, 0.5) is 0 Å². The van der Waals surface area contributed by atoms with E-state index in [4.69, 9.17) is 11.6 Å². The smallest absolute Gasteiger partial charge is 0.206 e. The van der Waals surface area contributed by atoms with Gasteiger partial charge >= 0.3 is 0 Å². The lowest BCUT2D eigenvalue weighted by atomic mass is 10.0. The van der Waals surface area contributed by atoms with Gasteiger partial charge in [0.05, 0.1) is 0 Å². The van der Waals surface area contributed by atoms with Crippen LogP contribution in [0.1, 0.15) is 38.5 Å². The van der Waals surface area contributed by atoms with Crippen molar-refractivity contribution in [1.29, 1.82) is 0 Å². The van der Waals surface area contributed by atoms with Crippen molar-refractivity contribution < 1.29 is 8.42 Å². The lowest BCUT2D eigenvalue weighted by molar-refractivity contribution is 0.340. The predicted molar refractivity (Wildman–Crippen MR) is 87.2 cm³/mol. The minimum absolute atomic E-state index is 0.423. The van der Waals surface area contributed by atoms with Crippen LogP contribution in [0.3, 0.4) is 0 Å². The van der Waals surface area contributed by atoms with E-state index in [0.717, 1.165) is 24.1 Å². The fraction of sp³-hybridized carbons (Fsp3) is 0.714. The largest absolute Gasteiger partial charge is 0.252 e. The number of hydrogen-bond donors (Lipinski definition) is 0. The van der Waals surface area contributed by atoms with Crippen LogP contribution in [0, 0.1) is 5.92 Å². The summed E-state index contributed by atoms with van der Waals surface area (Å²) >= 11 is 7.04. The first kappa shape index (κ1) is 18.0. The zero-order valence-electron chi connectivity index (χ0n) is 12.4. The number of aryl methyl sites for hydroxylation is 1.